The van der Waals surface area contributed by atoms with E-state index in [1.54, 1.807) is 6.92 Å². The molecule has 0 spiro atoms. The number of likely N-dealkylation sites (tertiary alicyclic amines) is 1. The van der Waals surface area contributed by atoms with Crippen LogP contribution in [0.25, 0.3) is 0 Å². The summed E-state index contributed by atoms with van der Waals surface area (Å²) < 4.78 is 0. The van der Waals surface area contributed by atoms with E-state index in [1.165, 1.54) is 32.1 Å². The van der Waals surface area contributed by atoms with Crippen LogP contribution in [-0.2, 0) is 20.8 Å². The van der Waals surface area contributed by atoms with Crippen molar-refractivity contribution in [3.8, 4) is 0 Å². The van der Waals surface area contributed by atoms with Crippen molar-refractivity contribution in [2.24, 2.45) is 17.6 Å². The van der Waals surface area contributed by atoms with Gasteiger partial charge in [0.2, 0.25) is 11.8 Å². The van der Waals surface area contributed by atoms with Crippen LogP contribution in [0.4, 0.5) is 5.69 Å². The second-order valence-electron chi connectivity index (χ2n) is 9.24. The number of carboxylic acids is 1. The van der Waals surface area contributed by atoms with Crippen molar-refractivity contribution in [2.75, 3.05) is 25.0 Å². The first-order valence-corrected chi connectivity index (χ1v) is 11.7. The molecule has 1 aliphatic carbocycles. The van der Waals surface area contributed by atoms with E-state index in [2.05, 4.69) is 15.5 Å². The summed E-state index contributed by atoms with van der Waals surface area (Å²) in [6.45, 7) is 3.07. The molecule has 5 N–H and O–H groups in total. The Labute approximate surface area is 189 Å². The van der Waals surface area contributed by atoms with Crippen LogP contribution in [0.5, 0.6) is 0 Å². The van der Waals surface area contributed by atoms with Crippen LogP contribution in [0.3, 0.4) is 0 Å². The van der Waals surface area contributed by atoms with E-state index in [1.807, 2.05) is 24.3 Å². The Morgan fingerprint density at radius 3 is 2.44 bits per heavy atom. The molecule has 176 valence electrons. The van der Waals surface area contributed by atoms with E-state index in [-0.39, 0.29) is 18.5 Å². The summed E-state index contributed by atoms with van der Waals surface area (Å²) in [6.07, 6.45) is 7.87. The molecule has 1 unspecified atom stereocenters. The van der Waals surface area contributed by atoms with Crippen molar-refractivity contribution in [1.82, 2.24) is 10.2 Å². The zero-order chi connectivity index (χ0) is 23.1. The number of carbonyl (C=O) groups is 3. The molecule has 2 fully saturated rings. The van der Waals surface area contributed by atoms with Crippen LogP contribution < -0.4 is 16.4 Å². The minimum atomic E-state index is -0.901. The topological polar surface area (TPSA) is 125 Å². The number of nitrogens with two attached hydrogens (primary N) is 1. The Morgan fingerprint density at radius 1 is 1.12 bits per heavy atom. The van der Waals surface area contributed by atoms with Gasteiger partial charge in [0.25, 0.3) is 0 Å². The van der Waals surface area contributed by atoms with Crippen molar-refractivity contribution < 1.29 is 19.5 Å². The highest BCUT2D eigenvalue weighted by molar-refractivity contribution is 5.99. The maximum Gasteiger partial charge on any atom is 0.322 e. The number of amides is 2. The van der Waals surface area contributed by atoms with Gasteiger partial charge < -0.3 is 16.2 Å². The third-order valence-corrected chi connectivity index (χ3v) is 6.80. The lowest BCUT2D eigenvalue weighted by Crippen LogP contribution is -2.49. The number of anilines is 1. The van der Waals surface area contributed by atoms with Crippen LogP contribution in [0, 0.1) is 11.8 Å². The number of hydrogen-bond acceptors (Lipinski definition) is 6. The monoisotopic (exact) mass is 444 g/mol. The zero-order valence-corrected chi connectivity index (χ0v) is 18.9. The molecule has 2 aliphatic rings. The number of aliphatic carboxylic acids is 1. The molecule has 1 aromatic carbocycles. The van der Waals surface area contributed by atoms with Crippen molar-refractivity contribution in [1.29, 1.82) is 0 Å². The second-order valence-corrected chi connectivity index (χ2v) is 9.24. The summed E-state index contributed by atoms with van der Waals surface area (Å²) in [7, 11) is 0. The van der Waals surface area contributed by atoms with E-state index in [0.29, 0.717) is 11.8 Å². The van der Waals surface area contributed by atoms with Crippen LogP contribution >= 0.6 is 0 Å². The minimum absolute atomic E-state index is 0.118. The van der Waals surface area contributed by atoms with Gasteiger partial charge in [-0.1, -0.05) is 44.2 Å². The average Bonchev–Trinajstić information content (AvgIpc) is 3.22. The number of nitrogens with one attached hydrogen (secondary N) is 2. The largest absolute Gasteiger partial charge is 0.480 e. The molecule has 1 aromatic rings. The number of imide groups is 1. The Hall–Kier alpha value is -2.45. The summed E-state index contributed by atoms with van der Waals surface area (Å²) >= 11 is 0. The number of nitrogens with zero attached hydrogens (tertiary/aromatic N) is 1. The molecule has 3 atom stereocenters. The third-order valence-electron chi connectivity index (χ3n) is 6.80. The first-order chi connectivity index (χ1) is 15.3. The van der Waals surface area contributed by atoms with Gasteiger partial charge in [0.1, 0.15) is 6.54 Å². The number of hydrogen-bond donors (Lipinski definition) is 4. The number of rotatable bonds is 9. The molecule has 1 heterocycles. The molecular weight excluding hydrogens is 408 g/mol. The van der Waals surface area contributed by atoms with E-state index < -0.39 is 17.9 Å². The van der Waals surface area contributed by atoms with Gasteiger partial charge in [-0.25, -0.2) is 0 Å². The molecule has 1 saturated heterocycles. The van der Waals surface area contributed by atoms with Gasteiger partial charge in [0.05, 0.1) is 12.1 Å². The number of benzene rings is 1. The summed E-state index contributed by atoms with van der Waals surface area (Å²) in [5.74, 6) is -0.423. The van der Waals surface area contributed by atoms with Gasteiger partial charge >= 0.3 is 5.97 Å². The zero-order valence-electron chi connectivity index (χ0n) is 18.9. The molecular formula is C24H36N4O4. The predicted molar refractivity (Wildman–Crippen MR) is 123 cm³/mol. The van der Waals surface area contributed by atoms with Crippen LogP contribution in [0.1, 0.15) is 51.0 Å². The van der Waals surface area contributed by atoms with Crippen LogP contribution in [-0.4, -0.2) is 59.5 Å². The highest BCUT2D eigenvalue weighted by atomic mass is 16.4. The molecule has 1 aliphatic heterocycles. The standard InChI is InChI=1S/C24H36N4O4/c1-16(25)23(31)27-24(32)21-13-19(18-5-3-2-4-6-18)15-28(21)12-11-17-7-9-20(10-8-17)26-14-22(29)30/h7-10,16,18-19,21,26H,2-6,11-15,25H2,1H3,(H,29,30)(H,27,31,32)/t16-,19?,21-/m0/s1. The summed E-state index contributed by atoms with van der Waals surface area (Å²) in [4.78, 5) is 37.8. The van der Waals surface area contributed by atoms with E-state index in [0.717, 1.165) is 37.2 Å². The maximum atomic E-state index is 12.9. The van der Waals surface area contributed by atoms with Crippen LogP contribution in [0.2, 0.25) is 0 Å². The Bertz CT molecular complexity index is 790. The molecule has 8 heteroatoms. The fourth-order valence-corrected chi connectivity index (χ4v) is 4.96. The fourth-order valence-electron chi connectivity index (χ4n) is 4.96. The molecule has 8 nitrogen and oxygen atoms in total. The van der Waals surface area contributed by atoms with Gasteiger partial charge in [-0.2, -0.15) is 0 Å². The minimum Gasteiger partial charge on any atom is -0.480 e. The molecule has 0 bridgehead atoms. The fraction of sp³-hybridized carbons (Fsp3) is 0.625. The summed E-state index contributed by atoms with van der Waals surface area (Å²) in [5.41, 5.74) is 7.52. The normalized spacial score (nSPS) is 22.9. The molecule has 0 radical (unpaired) electrons. The lowest BCUT2D eigenvalue weighted by molar-refractivity contribution is -0.135. The van der Waals surface area contributed by atoms with E-state index >= 15 is 0 Å². The van der Waals surface area contributed by atoms with E-state index in [9.17, 15) is 14.4 Å². The van der Waals surface area contributed by atoms with Crippen molar-refractivity contribution in [3.05, 3.63) is 29.8 Å². The van der Waals surface area contributed by atoms with Crippen molar-refractivity contribution >= 4 is 23.5 Å². The second kappa shape index (κ2) is 11.4. The van der Waals surface area contributed by atoms with Gasteiger partial charge in [0.15, 0.2) is 0 Å². The molecule has 2 amide bonds. The molecule has 0 aromatic heterocycles. The molecule has 3 rings (SSSR count). The van der Waals surface area contributed by atoms with Gasteiger partial charge in [-0.05, 0) is 49.3 Å². The first kappa shape index (κ1) is 24.2. The van der Waals surface area contributed by atoms with Crippen molar-refractivity contribution in [2.45, 2.75) is 64.0 Å². The number of carbonyl (C=O) groups excluding carboxylic acids is 2. The lowest BCUT2D eigenvalue weighted by atomic mass is 9.79. The van der Waals surface area contributed by atoms with Crippen LogP contribution in [0.15, 0.2) is 24.3 Å². The lowest BCUT2D eigenvalue weighted by Gasteiger charge is -2.27. The molecule has 32 heavy (non-hydrogen) atoms. The SMILES string of the molecule is C[C@H](N)C(=O)NC(=O)[C@@H]1CC(C2CCCCC2)CN1CCc1ccc(NCC(=O)O)cc1. The Morgan fingerprint density at radius 2 is 1.81 bits per heavy atom. The van der Waals surface area contributed by atoms with Crippen molar-refractivity contribution in [3.63, 3.8) is 0 Å². The van der Waals surface area contributed by atoms with Gasteiger partial charge in [0, 0.05) is 18.8 Å². The molecule has 1 saturated carbocycles. The first-order valence-electron chi connectivity index (χ1n) is 11.7. The predicted octanol–water partition coefficient (Wildman–Crippen LogP) is 1.99. The summed E-state index contributed by atoms with van der Waals surface area (Å²) in [6, 6.07) is 6.69. The quantitative estimate of drug-likeness (QED) is 0.459. The average molecular weight is 445 g/mol. The third kappa shape index (κ3) is 6.77. The van der Waals surface area contributed by atoms with E-state index in [4.69, 9.17) is 10.8 Å². The Kier molecular flexibility index (Phi) is 8.64. The smallest absolute Gasteiger partial charge is 0.322 e. The highest BCUT2D eigenvalue weighted by Crippen LogP contribution is 2.37. The van der Waals surface area contributed by atoms with Gasteiger partial charge in [-0.15, -0.1) is 0 Å². The number of carboxylic acid groups (broad SMARTS) is 1. The highest BCUT2D eigenvalue weighted by Gasteiger charge is 2.40. The Balaban J connectivity index is 1.61. The maximum absolute atomic E-state index is 12.9. The van der Waals surface area contributed by atoms with Gasteiger partial charge in [-0.3, -0.25) is 24.6 Å². The summed E-state index contributed by atoms with van der Waals surface area (Å²) in [5, 5.41) is 14.1.